The lowest BCUT2D eigenvalue weighted by Gasteiger charge is -2.25. The second-order valence-corrected chi connectivity index (χ2v) is 3.95. The highest BCUT2D eigenvalue weighted by Crippen LogP contribution is 2.45. The topological polar surface area (TPSA) is 0 Å². The van der Waals surface area contributed by atoms with Crippen LogP contribution < -0.4 is 0 Å². The highest BCUT2D eigenvalue weighted by molar-refractivity contribution is 6.47. The summed E-state index contributed by atoms with van der Waals surface area (Å²) in [5, 5.41) is 0. The van der Waals surface area contributed by atoms with E-state index in [1.165, 1.54) is 0 Å². The lowest BCUT2D eigenvalue weighted by molar-refractivity contribution is -0.189. The molecule has 15 heavy (non-hydrogen) atoms. The molecule has 0 bridgehead atoms. The Morgan fingerprint density at radius 1 is 1.00 bits per heavy atom. The van der Waals surface area contributed by atoms with Crippen LogP contribution in [0.4, 0.5) is 30.7 Å². The molecule has 0 amide bonds. The van der Waals surface area contributed by atoms with Gasteiger partial charge in [0.05, 0.1) is 12.5 Å². The van der Waals surface area contributed by atoms with Gasteiger partial charge in [0, 0.05) is 0 Å². The van der Waals surface area contributed by atoms with Gasteiger partial charge in [-0.25, -0.2) is 4.39 Å². The van der Waals surface area contributed by atoms with E-state index in [-0.39, 0.29) is 0 Å². The van der Waals surface area contributed by atoms with Crippen molar-refractivity contribution in [2.45, 2.75) is 22.9 Å². The van der Waals surface area contributed by atoms with E-state index in [0.717, 1.165) is 0 Å². The first-order chi connectivity index (χ1) is 6.37. The van der Waals surface area contributed by atoms with Crippen molar-refractivity contribution in [2.75, 3.05) is 0 Å². The van der Waals surface area contributed by atoms with Crippen LogP contribution in [-0.4, -0.2) is 16.4 Å². The molecule has 0 spiro atoms. The molecule has 0 nitrogen and oxygen atoms in total. The van der Waals surface area contributed by atoms with E-state index >= 15 is 0 Å². The second kappa shape index (κ2) is 4.37. The van der Waals surface area contributed by atoms with Crippen LogP contribution in [0.2, 0.25) is 0 Å². The maximum absolute atomic E-state index is 12.5. The van der Waals surface area contributed by atoms with Gasteiger partial charge in [-0.1, -0.05) is 23.2 Å². The molecule has 0 aromatic heterocycles. The zero-order chi connectivity index (χ0) is 12.5. The molecule has 9 heteroatoms. The Kier molecular flexibility index (Phi) is 4.32. The van der Waals surface area contributed by atoms with Gasteiger partial charge in [0.2, 0.25) is 0 Å². The average molecular weight is 279 g/mol. The summed E-state index contributed by atoms with van der Waals surface area (Å²) in [5.74, 6) is -10.3. The average Bonchev–Trinajstić information content (AvgIpc) is 1.75. The summed E-state index contributed by atoms with van der Waals surface area (Å²) in [5.41, 5.74) is 0. The normalized spacial score (nSPS) is 13.9. The highest BCUT2D eigenvalue weighted by atomic mass is 35.5. The fraction of sp³-hybridized carbons (Fsp3) is 0.667. The predicted molar refractivity (Wildman–Crippen MR) is 40.4 cm³/mol. The lowest BCUT2D eigenvalue weighted by Crippen LogP contribution is -2.42. The van der Waals surface area contributed by atoms with Gasteiger partial charge in [-0.3, -0.25) is 0 Å². The molecule has 0 radical (unpaired) electrons. The Balaban J connectivity index is 4.94. The summed E-state index contributed by atoms with van der Waals surface area (Å²) in [4.78, 5) is 0. The van der Waals surface area contributed by atoms with Crippen molar-refractivity contribution in [3.05, 3.63) is 12.2 Å². The van der Waals surface area contributed by atoms with Crippen LogP contribution in [0.25, 0.3) is 0 Å². The van der Waals surface area contributed by atoms with Crippen LogP contribution in [0, 0.1) is 0 Å². The minimum Gasteiger partial charge on any atom is -0.208 e. The molecule has 0 aromatic carbocycles. The number of halogens is 9. The van der Waals surface area contributed by atoms with E-state index < -0.39 is 35.0 Å². The summed E-state index contributed by atoms with van der Waals surface area (Å²) in [6.07, 6.45) is -6.61. The van der Waals surface area contributed by atoms with E-state index in [1.807, 2.05) is 0 Å². The quantitative estimate of drug-likeness (QED) is 0.524. The van der Waals surface area contributed by atoms with Gasteiger partial charge in [-0.05, 0) is 0 Å². The Morgan fingerprint density at radius 2 is 1.40 bits per heavy atom. The van der Waals surface area contributed by atoms with Crippen molar-refractivity contribution in [3.63, 3.8) is 0 Å². The SMILES string of the molecule is FC(F)=CC(F)(F)C(F)(F)CC(F)(Cl)Cl. The van der Waals surface area contributed by atoms with E-state index in [1.54, 1.807) is 0 Å². The Morgan fingerprint density at radius 3 is 1.67 bits per heavy atom. The van der Waals surface area contributed by atoms with Gasteiger partial charge in [0.15, 0.2) is 0 Å². The fourth-order valence-electron chi connectivity index (χ4n) is 0.612. The largest absolute Gasteiger partial charge is 0.334 e. The molecule has 0 saturated heterocycles. The standard InChI is InChI=1S/C6H3Cl2F7/c7-6(8,15)2-5(13,14)4(11,12)1-3(9)10/h1H,2H2. The van der Waals surface area contributed by atoms with Crippen molar-refractivity contribution in [2.24, 2.45) is 0 Å². The number of hydrogen-bond donors (Lipinski definition) is 0. The van der Waals surface area contributed by atoms with Gasteiger partial charge in [-0.15, -0.1) is 0 Å². The Hall–Kier alpha value is -0.170. The molecule has 0 N–H and O–H groups in total. The minimum absolute atomic E-state index is 1.29. The summed E-state index contributed by atoms with van der Waals surface area (Å²) < 4.78 is 81.2. The van der Waals surface area contributed by atoms with Gasteiger partial charge >= 0.3 is 11.8 Å². The zero-order valence-electron chi connectivity index (χ0n) is 6.69. The molecule has 0 aromatic rings. The van der Waals surface area contributed by atoms with Gasteiger partial charge in [-0.2, -0.15) is 26.3 Å². The fourth-order valence-corrected chi connectivity index (χ4v) is 0.948. The lowest BCUT2D eigenvalue weighted by atomic mass is 10.1. The maximum Gasteiger partial charge on any atom is 0.334 e. The van der Waals surface area contributed by atoms with Gasteiger partial charge in [0.25, 0.3) is 10.7 Å². The van der Waals surface area contributed by atoms with Gasteiger partial charge in [0.1, 0.15) is 0 Å². The molecular weight excluding hydrogens is 276 g/mol. The molecular formula is C6H3Cl2F7. The van der Waals surface area contributed by atoms with Crippen LogP contribution in [-0.2, 0) is 0 Å². The van der Waals surface area contributed by atoms with Crippen LogP contribution in [0.15, 0.2) is 12.2 Å². The minimum atomic E-state index is -5.23. The first-order valence-corrected chi connectivity index (χ1v) is 3.99. The molecule has 0 saturated carbocycles. The highest BCUT2D eigenvalue weighted by Gasteiger charge is 2.58. The number of allylic oxidation sites excluding steroid dienone is 1. The van der Waals surface area contributed by atoms with E-state index in [0.29, 0.717) is 0 Å². The smallest absolute Gasteiger partial charge is 0.208 e. The molecule has 0 aliphatic heterocycles. The summed E-state index contributed by atoms with van der Waals surface area (Å²) in [6.45, 7) is 0. The third kappa shape index (κ3) is 4.92. The van der Waals surface area contributed by atoms with Crippen molar-refractivity contribution in [1.29, 1.82) is 0 Å². The van der Waals surface area contributed by atoms with E-state index in [2.05, 4.69) is 23.2 Å². The summed E-state index contributed by atoms with van der Waals surface area (Å²) >= 11 is 8.88. The number of rotatable bonds is 4. The molecule has 0 unspecified atom stereocenters. The Bertz CT molecular complexity index is 251. The molecule has 0 heterocycles. The zero-order valence-corrected chi connectivity index (χ0v) is 8.20. The van der Waals surface area contributed by atoms with Crippen LogP contribution in [0.3, 0.4) is 0 Å². The van der Waals surface area contributed by atoms with Gasteiger partial charge < -0.3 is 0 Å². The molecule has 0 fully saturated rings. The van der Waals surface area contributed by atoms with Crippen LogP contribution in [0.1, 0.15) is 6.42 Å². The third-order valence-corrected chi connectivity index (χ3v) is 1.47. The molecule has 0 rings (SSSR count). The van der Waals surface area contributed by atoms with Crippen LogP contribution in [0.5, 0.6) is 0 Å². The van der Waals surface area contributed by atoms with Crippen molar-refractivity contribution in [3.8, 4) is 0 Å². The first kappa shape index (κ1) is 14.8. The van der Waals surface area contributed by atoms with Crippen LogP contribution >= 0.6 is 23.2 Å². The number of hydrogen-bond acceptors (Lipinski definition) is 0. The predicted octanol–water partition coefficient (Wildman–Crippen LogP) is 4.53. The third-order valence-electron chi connectivity index (χ3n) is 1.20. The molecule has 0 aliphatic rings. The van der Waals surface area contributed by atoms with E-state index in [9.17, 15) is 30.7 Å². The van der Waals surface area contributed by atoms with Crippen molar-refractivity contribution >= 4 is 23.2 Å². The van der Waals surface area contributed by atoms with Crippen molar-refractivity contribution < 1.29 is 30.7 Å². The molecule has 90 valence electrons. The summed E-state index contributed by atoms with van der Waals surface area (Å²) in [7, 11) is 0. The second-order valence-electron chi connectivity index (χ2n) is 2.55. The first-order valence-electron chi connectivity index (χ1n) is 3.24. The maximum atomic E-state index is 12.5. The molecule has 0 atom stereocenters. The monoisotopic (exact) mass is 278 g/mol. The number of alkyl halides is 7. The van der Waals surface area contributed by atoms with E-state index in [4.69, 9.17) is 0 Å². The van der Waals surface area contributed by atoms with Crippen molar-refractivity contribution in [1.82, 2.24) is 0 Å². The summed E-state index contributed by atoms with van der Waals surface area (Å²) in [6, 6.07) is 0. The molecule has 0 aliphatic carbocycles. The Labute approximate surface area is 89.6 Å².